The SMILES string of the molecule is C1=CC([Se][Se]C2C=CCCC2)CCC1. The fourth-order valence-electron chi connectivity index (χ4n) is 1.87. The average molecular weight is 320 g/mol. The summed E-state index contributed by atoms with van der Waals surface area (Å²) in [5.74, 6) is 0. The molecule has 0 aromatic carbocycles. The molecular formula is C12H18Se2. The van der Waals surface area contributed by atoms with Crippen LogP contribution < -0.4 is 0 Å². The summed E-state index contributed by atoms with van der Waals surface area (Å²) < 4.78 is 0. The van der Waals surface area contributed by atoms with Crippen LogP contribution in [0.2, 0.25) is 9.63 Å². The summed E-state index contributed by atoms with van der Waals surface area (Å²) in [5.41, 5.74) is 0. The van der Waals surface area contributed by atoms with E-state index < -0.39 is 0 Å². The quantitative estimate of drug-likeness (QED) is 0.552. The van der Waals surface area contributed by atoms with Crippen molar-refractivity contribution in [1.29, 1.82) is 0 Å². The standard InChI is InChI=1S/C12H18Se2/c1-3-7-11(8-4-1)13-14-12-9-5-2-6-10-12/h3,5,7,9,11-12H,1-2,4,6,8,10H2. The van der Waals surface area contributed by atoms with Gasteiger partial charge < -0.3 is 0 Å². The van der Waals surface area contributed by atoms with E-state index in [4.69, 9.17) is 0 Å². The number of allylic oxidation sites excluding steroid dienone is 4. The van der Waals surface area contributed by atoms with Crippen LogP contribution >= 0.6 is 0 Å². The molecule has 2 heteroatoms. The molecule has 0 aromatic heterocycles. The molecule has 0 heterocycles. The van der Waals surface area contributed by atoms with Gasteiger partial charge in [-0.1, -0.05) is 0 Å². The Balaban J connectivity index is 1.70. The van der Waals surface area contributed by atoms with Gasteiger partial charge in [0, 0.05) is 0 Å². The third kappa shape index (κ3) is 3.59. The van der Waals surface area contributed by atoms with Crippen LogP contribution in [0.15, 0.2) is 24.3 Å². The van der Waals surface area contributed by atoms with Gasteiger partial charge in [0.1, 0.15) is 0 Å². The molecule has 0 aliphatic heterocycles. The van der Waals surface area contributed by atoms with Crippen LogP contribution in [-0.4, -0.2) is 26.3 Å². The summed E-state index contributed by atoms with van der Waals surface area (Å²) in [6, 6.07) is 0. The Morgan fingerprint density at radius 1 is 0.786 bits per heavy atom. The summed E-state index contributed by atoms with van der Waals surface area (Å²) in [6.07, 6.45) is 18.3. The van der Waals surface area contributed by atoms with Crippen molar-refractivity contribution in [3.05, 3.63) is 24.3 Å². The van der Waals surface area contributed by atoms with Crippen molar-refractivity contribution in [1.82, 2.24) is 0 Å². The second-order valence-corrected chi connectivity index (χ2v) is 11.5. The molecule has 2 atom stereocenters. The molecule has 2 aliphatic carbocycles. The topological polar surface area (TPSA) is 0 Å². The second kappa shape index (κ2) is 6.18. The van der Waals surface area contributed by atoms with Crippen molar-refractivity contribution in [3.63, 3.8) is 0 Å². The van der Waals surface area contributed by atoms with Gasteiger partial charge in [0.05, 0.1) is 0 Å². The Morgan fingerprint density at radius 3 is 1.64 bits per heavy atom. The Labute approximate surface area is 98.5 Å². The fraction of sp³-hybridized carbons (Fsp3) is 0.667. The molecule has 78 valence electrons. The van der Waals surface area contributed by atoms with Gasteiger partial charge in [0.2, 0.25) is 0 Å². The molecule has 0 radical (unpaired) electrons. The van der Waals surface area contributed by atoms with Gasteiger partial charge in [-0.3, -0.25) is 0 Å². The van der Waals surface area contributed by atoms with Gasteiger partial charge >= 0.3 is 98.7 Å². The predicted octanol–water partition coefficient (Wildman–Crippen LogP) is 3.37. The molecule has 0 aromatic rings. The fourth-order valence-corrected chi connectivity index (χ4v) is 10.9. The predicted molar refractivity (Wildman–Crippen MR) is 65.0 cm³/mol. The van der Waals surface area contributed by atoms with Gasteiger partial charge in [-0.15, -0.1) is 0 Å². The maximum atomic E-state index is 2.50. The number of rotatable bonds is 3. The monoisotopic (exact) mass is 322 g/mol. The Morgan fingerprint density at radius 2 is 1.29 bits per heavy atom. The first-order valence-corrected chi connectivity index (χ1v) is 11.9. The zero-order valence-electron chi connectivity index (χ0n) is 8.52. The molecule has 0 saturated heterocycles. The molecule has 0 saturated carbocycles. The first kappa shape index (κ1) is 11.0. The van der Waals surface area contributed by atoms with Gasteiger partial charge in [-0.25, -0.2) is 0 Å². The van der Waals surface area contributed by atoms with E-state index in [0.29, 0.717) is 0 Å². The first-order chi connectivity index (χ1) is 6.95. The Hall–Kier alpha value is 0.519. The molecule has 0 nitrogen and oxygen atoms in total. The van der Waals surface area contributed by atoms with Gasteiger partial charge in [0.25, 0.3) is 0 Å². The zero-order valence-corrected chi connectivity index (χ0v) is 11.9. The summed E-state index contributed by atoms with van der Waals surface area (Å²) in [5, 5.41) is 0. The number of hydrogen-bond donors (Lipinski definition) is 0. The minimum absolute atomic E-state index is 0.927. The Kier molecular flexibility index (Phi) is 4.86. The molecular weight excluding hydrogens is 302 g/mol. The second-order valence-electron chi connectivity index (χ2n) is 3.99. The van der Waals surface area contributed by atoms with Gasteiger partial charge in [-0.05, 0) is 0 Å². The first-order valence-electron chi connectivity index (χ1n) is 5.60. The van der Waals surface area contributed by atoms with E-state index in [-0.39, 0.29) is 0 Å². The summed E-state index contributed by atoms with van der Waals surface area (Å²) >= 11 is 1.85. The molecule has 0 amide bonds. The van der Waals surface area contributed by atoms with E-state index in [2.05, 4.69) is 24.3 Å². The average Bonchev–Trinajstić information content (AvgIpc) is 2.29. The van der Waals surface area contributed by atoms with Gasteiger partial charge in [0.15, 0.2) is 0 Å². The van der Waals surface area contributed by atoms with E-state index in [1.165, 1.54) is 38.5 Å². The van der Waals surface area contributed by atoms with Crippen molar-refractivity contribution in [2.24, 2.45) is 0 Å². The van der Waals surface area contributed by atoms with Crippen molar-refractivity contribution >= 4 is 26.3 Å². The van der Waals surface area contributed by atoms with Crippen LogP contribution in [0.3, 0.4) is 0 Å². The van der Waals surface area contributed by atoms with E-state index in [0.717, 1.165) is 35.9 Å². The van der Waals surface area contributed by atoms with E-state index in [9.17, 15) is 0 Å². The maximum absolute atomic E-state index is 2.50. The third-order valence-corrected chi connectivity index (χ3v) is 12.2. The zero-order chi connectivity index (χ0) is 9.64. The molecule has 0 spiro atoms. The molecule has 0 N–H and O–H groups in total. The normalized spacial score (nSPS) is 32.0. The van der Waals surface area contributed by atoms with Crippen LogP contribution in [-0.2, 0) is 0 Å². The minimum atomic E-state index is 0.927. The van der Waals surface area contributed by atoms with Crippen LogP contribution in [0, 0.1) is 0 Å². The van der Waals surface area contributed by atoms with E-state index in [1.807, 2.05) is 0 Å². The van der Waals surface area contributed by atoms with Crippen molar-refractivity contribution in [2.45, 2.75) is 48.2 Å². The van der Waals surface area contributed by atoms with Crippen molar-refractivity contribution in [3.8, 4) is 0 Å². The number of hydrogen-bond acceptors (Lipinski definition) is 0. The van der Waals surface area contributed by atoms with E-state index >= 15 is 0 Å². The summed E-state index contributed by atoms with van der Waals surface area (Å²) in [4.78, 5) is 1.98. The molecule has 2 unspecified atom stereocenters. The van der Waals surface area contributed by atoms with Crippen LogP contribution in [0.25, 0.3) is 0 Å². The molecule has 0 bridgehead atoms. The molecule has 2 rings (SSSR count). The summed E-state index contributed by atoms with van der Waals surface area (Å²) in [7, 11) is 0. The van der Waals surface area contributed by atoms with Crippen LogP contribution in [0.5, 0.6) is 0 Å². The molecule has 14 heavy (non-hydrogen) atoms. The summed E-state index contributed by atoms with van der Waals surface area (Å²) in [6.45, 7) is 0. The van der Waals surface area contributed by atoms with Crippen molar-refractivity contribution < 1.29 is 0 Å². The van der Waals surface area contributed by atoms with E-state index in [1.54, 1.807) is 0 Å². The molecule has 0 fully saturated rings. The van der Waals surface area contributed by atoms with Crippen LogP contribution in [0.4, 0.5) is 0 Å². The third-order valence-electron chi connectivity index (χ3n) is 2.72. The Bertz CT molecular complexity index is 196. The van der Waals surface area contributed by atoms with Gasteiger partial charge in [-0.2, -0.15) is 0 Å². The van der Waals surface area contributed by atoms with Crippen LogP contribution in [0.1, 0.15) is 38.5 Å². The van der Waals surface area contributed by atoms with Crippen molar-refractivity contribution in [2.75, 3.05) is 0 Å². The molecule has 2 aliphatic rings.